The maximum absolute atomic E-state index is 4.83. The van der Waals surface area contributed by atoms with Gasteiger partial charge >= 0.3 is 34.5 Å². The Balaban J connectivity index is 0.000000545. The van der Waals surface area contributed by atoms with Gasteiger partial charge in [-0.25, -0.2) is 0 Å². The van der Waals surface area contributed by atoms with E-state index < -0.39 is 7.92 Å². The van der Waals surface area contributed by atoms with E-state index >= 15 is 0 Å². The first kappa shape index (κ1) is 17.6. The van der Waals surface area contributed by atoms with Crippen LogP contribution in [0.3, 0.4) is 0 Å². The summed E-state index contributed by atoms with van der Waals surface area (Å²) in [5.74, 6) is 0. The van der Waals surface area contributed by atoms with E-state index in [1.54, 1.807) is 0 Å². The summed E-state index contributed by atoms with van der Waals surface area (Å²) in [6, 6.07) is 32.5. The largest absolute Gasteiger partial charge is 0.102 e. The molecule has 0 saturated heterocycles. The first-order valence-electron chi connectivity index (χ1n) is 6.73. The van der Waals surface area contributed by atoms with E-state index in [4.69, 9.17) is 19.4 Å². The summed E-state index contributed by atoms with van der Waals surface area (Å²) >= 11 is -0.226. The van der Waals surface area contributed by atoms with Gasteiger partial charge in [0.05, 0.1) is 7.92 Å². The summed E-state index contributed by atoms with van der Waals surface area (Å²) in [7, 11) is 8.79. The van der Waals surface area contributed by atoms with Crippen molar-refractivity contribution in [2.45, 2.75) is 0 Å². The minimum Gasteiger partial charge on any atom is -0.0620 e. The Bertz CT molecular complexity index is 554. The standard InChI is InChI=1S/C18H15P.2ClH.Rh/c1-4-10-16(11-5-1)19(17-12-6-2-7-13-17)18-14-8-3-9-15-18;;;/h1-15H;2*1H;/q;;;+2/p-1. The summed E-state index contributed by atoms with van der Waals surface area (Å²) < 4.78 is 0. The van der Waals surface area contributed by atoms with Gasteiger partial charge in [-0.15, -0.1) is 0 Å². The third-order valence-electron chi connectivity index (χ3n) is 3.19. The molecule has 0 heterocycles. The van der Waals surface area contributed by atoms with Crippen molar-refractivity contribution in [3.05, 3.63) is 91.0 Å². The molecule has 0 atom stereocenters. The number of hydrogen-bond acceptors (Lipinski definition) is 0. The Morgan fingerprint density at radius 1 is 0.500 bits per heavy atom. The van der Waals surface area contributed by atoms with Gasteiger partial charge in [-0.2, -0.15) is 0 Å². The van der Waals surface area contributed by atoms with E-state index in [9.17, 15) is 0 Å². The molecule has 0 saturated carbocycles. The molecule has 3 aromatic rings. The predicted molar refractivity (Wildman–Crippen MR) is 98.2 cm³/mol. The smallest absolute Gasteiger partial charge is 0.0620 e. The van der Waals surface area contributed by atoms with Crippen molar-refractivity contribution in [2.24, 2.45) is 0 Å². The van der Waals surface area contributed by atoms with Gasteiger partial charge in [0.2, 0.25) is 0 Å². The molecule has 0 aromatic heterocycles. The number of hydrogen-bond donors (Lipinski definition) is 0. The van der Waals surface area contributed by atoms with Crippen molar-refractivity contribution in [1.82, 2.24) is 0 Å². The zero-order valence-electron chi connectivity index (χ0n) is 11.7. The summed E-state index contributed by atoms with van der Waals surface area (Å²) in [5.41, 5.74) is 0. The zero-order chi connectivity index (χ0) is 15.6. The quantitative estimate of drug-likeness (QED) is 0.417. The van der Waals surface area contributed by atoms with Crippen molar-refractivity contribution >= 4 is 43.2 Å². The van der Waals surface area contributed by atoms with Crippen molar-refractivity contribution < 1.29 is 15.1 Å². The van der Waals surface area contributed by atoms with Crippen molar-refractivity contribution in [2.75, 3.05) is 0 Å². The maximum atomic E-state index is 4.83. The van der Waals surface area contributed by atoms with Crippen LogP contribution in [0.25, 0.3) is 0 Å². The molecule has 0 unspecified atom stereocenters. The Hall–Kier alpha value is -0.707. The molecular weight excluding hydrogens is 421 g/mol. The Morgan fingerprint density at radius 3 is 0.955 bits per heavy atom. The first-order chi connectivity index (χ1) is 10.9. The molecule has 0 aliphatic rings. The second-order valence-corrected chi connectivity index (χ2v) is 9.49. The van der Waals surface area contributed by atoms with Crippen LogP contribution in [0.15, 0.2) is 91.0 Å². The van der Waals surface area contributed by atoms with Crippen molar-refractivity contribution in [3.63, 3.8) is 0 Å². The molecule has 0 N–H and O–H groups in total. The van der Waals surface area contributed by atoms with Crippen LogP contribution >= 0.6 is 27.3 Å². The topological polar surface area (TPSA) is 0 Å². The fourth-order valence-electron chi connectivity index (χ4n) is 2.31. The van der Waals surface area contributed by atoms with Crippen LogP contribution in [-0.4, -0.2) is 0 Å². The molecule has 4 heteroatoms. The van der Waals surface area contributed by atoms with Gasteiger partial charge < -0.3 is 0 Å². The van der Waals surface area contributed by atoms with Gasteiger partial charge in [-0.05, 0) is 36.4 Å². The van der Waals surface area contributed by atoms with E-state index in [2.05, 4.69) is 91.0 Å². The predicted octanol–water partition coefficient (Wildman–Crippen LogP) is 4.55. The van der Waals surface area contributed by atoms with E-state index in [0.29, 0.717) is 0 Å². The molecule has 22 heavy (non-hydrogen) atoms. The molecular formula is C18H16Cl2PRh+. The third-order valence-corrected chi connectivity index (χ3v) is 5.92. The average molecular weight is 437 g/mol. The SMILES string of the molecule is [Cl][Rh][Cl].c1ccc([PH+](c2ccccc2)c2ccccc2)cc1. The van der Waals surface area contributed by atoms with Crippen LogP contribution in [0.1, 0.15) is 0 Å². The molecule has 115 valence electrons. The zero-order valence-corrected chi connectivity index (χ0v) is 15.9. The molecule has 3 rings (SSSR count). The van der Waals surface area contributed by atoms with Crippen LogP contribution in [0.4, 0.5) is 0 Å². The van der Waals surface area contributed by atoms with Gasteiger partial charge in [0.1, 0.15) is 15.9 Å². The minimum atomic E-state index is -0.877. The van der Waals surface area contributed by atoms with Crippen molar-refractivity contribution in [3.8, 4) is 0 Å². The van der Waals surface area contributed by atoms with Gasteiger partial charge in [0, 0.05) is 0 Å². The van der Waals surface area contributed by atoms with Gasteiger partial charge in [-0.1, -0.05) is 54.6 Å². The summed E-state index contributed by atoms with van der Waals surface area (Å²) in [5, 5.41) is 4.31. The number of rotatable bonds is 3. The van der Waals surface area contributed by atoms with Crippen LogP contribution in [0, 0.1) is 0 Å². The molecule has 0 spiro atoms. The summed E-state index contributed by atoms with van der Waals surface area (Å²) in [6.45, 7) is 0. The van der Waals surface area contributed by atoms with Crippen LogP contribution in [0.5, 0.6) is 0 Å². The second kappa shape index (κ2) is 10.1. The minimum absolute atomic E-state index is 0.226. The summed E-state index contributed by atoms with van der Waals surface area (Å²) in [6.07, 6.45) is 0. The van der Waals surface area contributed by atoms with E-state index in [1.165, 1.54) is 15.9 Å². The van der Waals surface area contributed by atoms with Crippen LogP contribution < -0.4 is 15.9 Å². The monoisotopic (exact) mass is 436 g/mol. The number of halogens is 2. The number of benzene rings is 3. The van der Waals surface area contributed by atoms with Gasteiger partial charge in [0.25, 0.3) is 0 Å². The Morgan fingerprint density at radius 2 is 0.727 bits per heavy atom. The second-order valence-electron chi connectivity index (χ2n) is 4.52. The third kappa shape index (κ3) is 5.18. The van der Waals surface area contributed by atoms with Crippen molar-refractivity contribution in [1.29, 1.82) is 0 Å². The molecule has 0 bridgehead atoms. The normalized spacial score (nSPS) is 10.1. The summed E-state index contributed by atoms with van der Waals surface area (Å²) in [4.78, 5) is 0. The fourth-order valence-corrected chi connectivity index (χ4v) is 4.89. The van der Waals surface area contributed by atoms with E-state index in [1.807, 2.05) is 0 Å². The maximum Gasteiger partial charge on any atom is 0.102 e. The Kier molecular flexibility index (Phi) is 8.13. The molecule has 0 amide bonds. The van der Waals surface area contributed by atoms with Crippen LogP contribution in [0.2, 0.25) is 0 Å². The molecule has 3 aromatic carbocycles. The van der Waals surface area contributed by atoms with Crippen LogP contribution in [-0.2, 0) is 15.1 Å². The average Bonchev–Trinajstić information content (AvgIpc) is 2.59. The van der Waals surface area contributed by atoms with E-state index in [-0.39, 0.29) is 15.1 Å². The fraction of sp³-hybridized carbons (Fsp3) is 0. The molecule has 0 aliphatic carbocycles. The van der Waals surface area contributed by atoms with Gasteiger partial charge in [0.15, 0.2) is 0 Å². The molecule has 0 aliphatic heterocycles. The molecule has 0 fully saturated rings. The molecule has 0 nitrogen and oxygen atoms in total. The first-order valence-corrected chi connectivity index (χ1v) is 12.5. The Labute approximate surface area is 148 Å². The molecule has 0 radical (unpaired) electrons. The van der Waals surface area contributed by atoms with Gasteiger partial charge in [-0.3, -0.25) is 0 Å². The van der Waals surface area contributed by atoms with E-state index in [0.717, 1.165) is 0 Å².